The van der Waals surface area contributed by atoms with Gasteiger partial charge in [0, 0.05) is 12.2 Å². The van der Waals surface area contributed by atoms with E-state index in [1.54, 1.807) is 11.8 Å². The van der Waals surface area contributed by atoms with Crippen LogP contribution >= 0.6 is 11.8 Å². The lowest BCUT2D eigenvalue weighted by atomic mass is 10.2. The summed E-state index contributed by atoms with van der Waals surface area (Å²) in [5.41, 5.74) is 6.18. The number of anilines is 1. The van der Waals surface area contributed by atoms with Gasteiger partial charge in [-0.25, -0.2) is 12.7 Å². The average molecular weight is 300 g/mol. The maximum absolute atomic E-state index is 12.2. The molecule has 0 unspecified atom stereocenters. The maximum atomic E-state index is 12.2. The third kappa shape index (κ3) is 2.57. The molecule has 0 saturated heterocycles. The molecule has 1 aliphatic rings. The second-order valence-corrected chi connectivity index (χ2v) is 7.41. The molecule has 1 heterocycles. The van der Waals surface area contributed by atoms with Gasteiger partial charge in [-0.1, -0.05) is 6.92 Å². The minimum absolute atomic E-state index is 0.0647. The van der Waals surface area contributed by atoms with E-state index in [0.29, 0.717) is 12.1 Å². The molecule has 7 heteroatoms. The van der Waals surface area contributed by atoms with E-state index < -0.39 is 15.9 Å². The van der Waals surface area contributed by atoms with Crippen LogP contribution in [0.15, 0.2) is 23.1 Å². The number of hydrogen-bond acceptors (Lipinski definition) is 5. The molecule has 1 aromatic rings. The van der Waals surface area contributed by atoms with Crippen molar-refractivity contribution in [2.75, 3.05) is 23.8 Å². The summed E-state index contributed by atoms with van der Waals surface area (Å²) in [5.74, 6) is 1.36. The van der Waals surface area contributed by atoms with Gasteiger partial charge >= 0.3 is 0 Å². The van der Waals surface area contributed by atoms with Crippen molar-refractivity contribution in [3.05, 3.63) is 23.8 Å². The summed E-state index contributed by atoms with van der Waals surface area (Å²) in [6.07, 6.45) is 0.660. The first kappa shape index (κ1) is 14.2. The van der Waals surface area contributed by atoms with E-state index in [2.05, 4.69) is 0 Å². The standard InChI is InChI=1S/C12H16N2O3S2/c1-2-18-7-3-6-14-12(15)10-8-9(13)4-5-11(10)19(14,16)17/h4-5,8H,2-3,6-7,13H2,1H3. The number of benzene rings is 1. The molecule has 2 rings (SSSR count). The minimum Gasteiger partial charge on any atom is -0.399 e. The van der Waals surface area contributed by atoms with Crippen LogP contribution in [0.25, 0.3) is 0 Å². The predicted octanol–water partition coefficient (Wildman–Crippen LogP) is 1.56. The van der Waals surface area contributed by atoms with Crippen molar-refractivity contribution in [2.45, 2.75) is 18.2 Å². The van der Waals surface area contributed by atoms with Crippen LogP contribution in [0.1, 0.15) is 23.7 Å². The van der Waals surface area contributed by atoms with Crippen LogP contribution in [0.5, 0.6) is 0 Å². The molecule has 0 fully saturated rings. The highest BCUT2D eigenvalue weighted by atomic mass is 32.2. The molecule has 0 aliphatic carbocycles. The molecule has 2 N–H and O–H groups in total. The van der Waals surface area contributed by atoms with Crippen molar-refractivity contribution in [2.24, 2.45) is 0 Å². The molecule has 0 saturated carbocycles. The first-order chi connectivity index (χ1) is 8.98. The summed E-state index contributed by atoms with van der Waals surface area (Å²) in [6.45, 7) is 2.27. The lowest BCUT2D eigenvalue weighted by molar-refractivity contribution is 0.0871. The zero-order valence-electron chi connectivity index (χ0n) is 10.6. The Kier molecular flexibility index (Phi) is 4.05. The zero-order chi connectivity index (χ0) is 14.0. The van der Waals surface area contributed by atoms with E-state index >= 15 is 0 Å². The third-order valence-corrected chi connectivity index (χ3v) is 5.71. The van der Waals surface area contributed by atoms with E-state index in [9.17, 15) is 13.2 Å². The minimum atomic E-state index is -3.68. The number of sulfonamides is 1. The van der Waals surface area contributed by atoms with Crippen molar-refractivity contribution in [1.82, 2.24) is 4.31 Å². The summed E-state index contributed by atoms with van der Waals surface area (Å²) in [7, 11) is -3.68. The molecule has 104 valence electrons. The number of nitrogens with two attached hydrogens (primary N) is 1. The molecule has 0 atom stereocenters. The number of nitrogen functional groups attached to an aromatic ring is 1. The fraction of sp³-hybridized carbons (Fsp3) is 0.417. The lowest BCUT2D eigenvalue weighted by Crippen LogP contribution is -2.31. The van der Waals surface area contributed by atoms with Gasteiger partial charge in [-0.15, -0.1) is 0 Å². The molecule has 1 aliphatic heterocycles. The van der Waals surface area contributed by atoms with Crippen LogP contribution in [0.2, 0.25) is 0 Å². The quantitative estimate of drug-likeness (QED) is 0.659. The number of carbonyl (C=O) groups excluding carboxylic acids is 1. The van der Waals surface area contributed by atoms with Gasteiger partial charge in [0.1, 0.15) is 4.90 Å². The number of thioether (sulfide) groups is 1. The topological polar surface area (TPSA) is 80.5 Å². The van der Waals surface area contributed by atoms with Crippen LogP contribution in [0, 0.1) is 0 Å². The van der Waals surface area contributed by atoms with Crippen molar-refractivity contribution in [1.29, 1.82) is 0 Å². The molecular weight excluding hydrogens is 284 g/mol. The Hall–Kier alpha value is -1.21. The van der Waals surface area contributed by atoms with Crippen molar-refractivity contribution < 1.29 is 13.2 Å². The Bertz CT molecular complexity index is 599. The monoisotopic (exact) mass is 300 g/mol. The van der Waals surface area contributed by atoms with Gasteiger partial charge in [-0.3, -0.25) is 4.79 Å². The third-order valence-electron chi connectivity index (χ3n) is 2.88. The molecule has 0 radical (unpaired) electrons. The highest BCUT2D eigenvalue weighted by molar-refractivity contribution is 7.99. The van der Waals surface area contributed by atoms with Crippen LogP contribution < -0.4 is 5.73 Å². The van der Waals surface area contributed by atoms with Crippen molar-refractivity contribution in [3.63, 3.8) is 0 Å². The first-order valence-electron chi connectivity index (χ1n) is 6.03. The van der Waals surface area contributed by atoms with E-state index in [4.69, 9.17) is 5.73 Å². The van der Waals surface area contributed by atoms with E-state index in [1.807, 2.05) is 6.92 Å². The van der Waals surface area contributed by atoms with E-state index in [-0.39, 0.29) is 17.0 Å². The molecule has 0 aromatic heterocycles. The van der Waals surface area contributed by atoms with Crippen LogP contribution in [0.4, 0.5) is 5.69 Å². The number of rotatable bonds is 5. The first-order valence-corrected chi connectivity index (χ1v) is 8.62. The fourth-order valence-electron chi connectivity index (χ4n) is 1.98. The summed E-state index contributed by atoms with van der Waals surface area (Å²) in [6, 6.07) is 4.33. The van der Waals surface area contributed by atoms with Gasteiger partial charge in [-0.2, -0.15) is 11.8 Å². The van der Waals surface area contributed by atoms with Crippen LogP contribution in [0.3, 0.4) is 0 Å². The second kappa shape index (κ2) is 5.42. The van der Waals surface area contributed by atoms with Crippen molar-refractivity contribution in [3.8, 4) is 0 Å². The number of amides is 1. The Morgan fingerprint density at radius 3 is 2.79 bits per heavy atom. The van der Waals surface area contributed by atoms with Gasteiger partial charge in [0.25, 0.3) is 15.9 Å². The number of hydrogen-bond donors (Lipinski definition) is 1. The summed E-state index contributed by atoms with van der Waals surface area (Å²) >= 11 is 1.73. The Morgan fingerprint density at radius 2 is 2.11 bits per heavy atom. The summed E-state index contributed by atoms with van der Waals surface area (Å²) in [4.78, 5) is 12.2. The van der Waals surface area contributed by atoms with Crippen LogP contribution in [-0.4, -0.2) is 36.7 Å². The Labute approximate surface area is 117 Å². The van der Waals surface area contributed by atoms with Crippen LogP contribution in [-0.2, 0) is 10.0 Å². The van der Waals surface area contributed by atoms with Gasteiger partial charge < -0.3 is 5.73 Å². The zero-order valence-corrected chi connectivity index (χ0v) is 12.3. The second-order valence-electron chi connectivity index (χ2n) is 4.19. The largest absolute Gasteiger partial charge is 0.399 e. The molecule has 0 bridgehead atoms. The summed E-state index contributed by atoms with van der Waals surface area (Å²) < 4.78 is 25.4. The highest BCUT2D eigenvalue weighted by Gasteiger charge is 2.40. The van der Waals surface area contributed by atoms with E-state index in [1.165, 1.54) is 18.2 Å². The number of fused-ring (bicyclic) bond motifs is 1. The number of carbonyl (C=O) groups is 1. The molecule has 5 nitrogen and oxygen atoms in total. The highest BCUT2D eigenvalue weighted by Crippen LogP contribution is 2.31. The Morgan fingerprint density at radius 1 is 1.37 bits per heavy atom. The SMILES string of the molecule is CCSCCCN1C(=O)c2cc(N)ccc2S1(=O)=O. The van der Waals surface area contributed by atoms with Gasteiger partial charge in [-0.05, 0) is 36.1 Å². The van der Waals surface area contributed by atoms with Gasteiger partial charge in [0.2, 0.25) is 0 Å². The normalized spacial score (nSPS) is 16.7. The molecule has 1 amide bonds. The van der Waals surface area contributed by atoms with Gasteiger partial charge in [0.05, 0.1) is 5.56 Å². The number of nitrogens with zero attached hydrogens (tertiary/aromatic N) is 1. The summed E-state index contributed by atoms with van der Waals surface area (Å²) in [5, 5.41) is 0. The Balaban J connectivity index is 2.23. The molecule has 0 spiro atoms. The molecular formula is C12H16N2O3S2. The molecule has 1 aromatic carbocycles. The molecule has 19 heavy (non-hydrogen) atoms. The average Bonchev–Trinajstić information content (AvgIpc) is 2.54. The van der Waals surface area contributed by atoms with Crippen molar-refractivity contribution >= 4 is 33.4 Å². The fourth-order valence-corrected chi connectivity index (χ4v) is 4.19. The van der Waals surface area contributed by atoms with E-state index in [0.717, 1.165) is 15.8 Å². The predicted molar refractivity (Wildman–Crippen MR) is 76.7 cm³/mol. The maximum Gasteiger partial charge on any atom is 0.269 e. The smallest absolute Gasteiger partial charge is 0.269 e. The lowest BCUT2D eigenvalue weighted by Gasteiger charge is -2.14. The van der Waals surface area contributed by atoms with Gasteiger partial charge in [0.15, 0.2) is 0 Å².